The predicted octanol–water partition coefficient (Wildman–Crippen LogP) is 1.62. The lowest BCUT2D eigenvalue weighted by atomic mass is 10.1. The molecule has 0 aliphatic carbocycles. The first-order chi connectivity index (χ1) is 7.72. The molecule has 0 saturated heterocycles. The second kappa shape index (κ2) is 4.61. The summed E-state index contributed by atoms with van der Waals surface area (Å²) in [6.07, 6.45) is 2.67. The lowest BCUT2D eigenvalue weighted by Crippen LogP contribution is -2.09. The van der Waals surface area contributed by atoms with Gasteiger partial charge in [-0.25, -0.2) is 9.97 Å². The Labute approximate surface area is 95.0 Å². The Hall–Kier alpha value is -1.42. The molecule has 2 heterocycles. The topological polar surface area (TPSA) is 50.9 Å². The molecule has 1 N–H and O–H groups in total. The first kappa shape index (κ1) is 11.1. The Morgan fingerprint density at radius 3 is 2.94 bits per heavy atom. The average molecular weight is 219 g/mol. The molecule has 0 radical (unpaired) electrons. The Morgan fingerprint density at radius 2 is 2.25 bits per heavy atom. The highest BCUT2D eigenvalue weighted by Gasteiger charge is 2.11. The van der Waals surface area contributed by atoms with Crippen LogP contribution in [0.1, 0.15) is 19.7 Å². The molecule has 4 heteroatoms. The van der Waals surface area contributed by atoms with Gasteiger partial charge in [0.1, 0.15) is 11.3 Å². The zero-order valence-electron chi connectivity index (χ0n) is 9.72. The highest BCUT2D eigenvalue weighted by Crippen LogP contribution is 2.16. The summed E-state index contributed by atoms with van der Waals surface area (Å²) in [6.45, 7) is 5.01. The summed E-state index contributed by atoms with van der Waals surface area (Å²) in [5, 5.41) is 9.08. The van der Waals surface area contributed by atoms with Gasteiger partial charge in [0.25, 0.3) is 0 Å². The van der Waals surface area contributed by atoms with Crippen LogP contribution in [0.3, 0.4) is 0 Å². The number of aliphatic hydroxyl groups excluding tert-OH is 1. The van der Waals surface area contributed by atoms with Gasteiger partial charge in [-0.3, -0.25) is 0 Å². The Morgan fingerprint density at radius 1 is 1.44 bits per heavy atom. The fraction of sp³-hybridized carbons (Fsp3) is 0.500. The molecule has 0 spiro atoms. The third kappa shape index (κ3) is 2.07. The maximum atomic E-state index is 9.08. The highest BCUT2D eigenvalue weighted by atomic mass is 16.3. The van der Waals surface area contributed by atoms with Crippen molar-refractivity contribution in [1.29, 1.82) is 0 Å². The number of aliphatic hydroxyl groups is 1. The fourth-order valence-electron chi connectivity index (χ4n) is 1.86. The van der Waals surface area contributed by atoms with E-state index in [0.717, 1.165) is 23.4 Å². The number of aromatic nitrogens is 3. The highest BCUT2D eigenvalue weighted by molar-refractivity contribution is 5.71. The van der Waals surface area contributed by atoms with Crippen molar-refractivity contribution in [1.82, 2.24) is 14.5 Å². The van der Waals surface area contributed by atoms with Crippen molar-refractivity contribution in [3.05, 3.63) is 24.2 Å². The minimum Gasteiger partial charge on any atom is -0.395 e. The van der Waals surface area contributed by atoms with Crippen molar-refractivity contribution in [3.63, 3.8) is 0 Å². The number of pyridine rings is 1. The summed E-state index contributed by atoms with van der Waals surface area (Å²) in [7, 11) is 0. The van der Waals surface area contributed by atoms with Gasteiger partial charge in [0.2, 0.25) is 0 Å². The van der Waals surface area contributed by atoms with Gasteiger partial charge in [-0.2, -0.15) is 0 Å². The van der Waals surface area contributed by atoms with Crippen LogP contribution < -0.4 is 0 Å². The monoisotopic (exact) mass is 219 g/mol. The molecule has 2 aromatic heterocycles. The molecular formula is C12H17N3O. The first-order valence-corrected chi connectivity index (χ1v) is 5.63. The standard InChI is InChI=1S/C12H17N3O/c1-9(2)8-11-14-10-4-3-5-13-12(10)15(11)6-7-16/h3-5,9,16H,6-8H2,1-2H3. The van der Waals surface area contributed by atoms with E-state index in [2.05, 4.69) is 23.8 Å². The van der Waals surface area contributed by atoms with Crippen molar-refractivity contribution in [2.24, 2.45) is 5.92 Å². The first-order valence-electron chi connectivity index (χ1n) is 5.63. The number of hydrogen-bond donors (Lipinski definition) is 1. The molecule has 0 atom stereocenters. The van der Waals surface area contributed by atoms with E-state index >= 15 is 0 Å². The van der Waals surface area contributed by atoms with Crippen LogP contribution in [-0.4, -0.2) is 26.2 Å². The molecule has 0 aliphatic rings. The second-order valence-corrected chi connectivity index (χ2v) is 4.35. The molecule has 0 saturated carbocycles. The van der Waals surface area contributed by atoms with Gasteiger partial charge in [0, 0.05) is 19.2 Å². The number of imidazole rings is 1. The summed E-state index contributed by atoms with van der Waals surface area (Å²) in [6, 6.07) is 3.85. The summed E-state index contributed by atoms with van der Waals surface area (Å²) in [5.74, 6) is 1.56. The van der Waals surface area contributed by atoms with E-state index < -0.39 is 0 Å². The van der Waals surface area contributed by atoms with Crippen LogP contribution >= 0.6 is 0 Å². The molecule has 0 fully saturated rings. The molecule has 2 aromatic rings. The van der Waals surface area contributed by atoms with Crippen LogP contribution in [0.2, 0.25) is 0 Å². The van der Waals surface area contributed by atoms with E-state index in [1.165, 1.54) is 0 Å². The quantitative estimate of drug-likeness (QED) is 0.850. The Bertz CT molecular complexity index is 476. The van der Waals surface area contributed by atoms with E-state index in [4.69, 9.17) is 5.11 Å². The molecule has 0 bridgehead atoms. The summed E-state index contributed by atoms with van der Waals surface area (Å²) in [4.78, 5) is 8.88. The van der Waals surface area contributed by atoms with E-state index in [1.54, 1.807) is 6.20 Å². The minimum atomic E-state index is 0.118. The molecule has 16 heavy (non-hydrogen) atoms. The van der Waals surface area contributed by atoms with E-state index in [9.17, 15) is 0 Å². The minimum absolute atomic E-state index is 0.118. The van der Waals surface area contributed by atoms with Gasteiger partial charge in [-0.1, -0.05) is 13.8 Å². The van der Waals surface area contributed by atoms with Gasteiger partial charge in [-0.15, -0.1) is 0 Å². The largest absolute Gasteiger partial charge is 0.395 e. The van der Waals surface area contributed by atoms with Crippen LogP contribution in [0, 0.1) is 5.92 Å². The molecule has 2 rings (SSSR count). The van der Waals surface area contributed by atoms with Gasteiger partial charge < -0.3 is 9.67 Å². The van der Waals surface area contributed by atoms with E-state index in [1.807, 2.05) is 16.7 Å². The normalized spacial score (nSPS) is 11.5. The summed E-state index contributed by atoms with van der Waals surface area (Å²) >= 11 is 0. The molecular weight excluding hydrogens is 202 g/mol. The molecule has 4 nitrogen and oxygen atoms in total. The van der Waals surface area contributed by atoms with Crippen LogP contribution in [0.15, 0.2) is 18.3 Å². The third-order valence-corrected chi connectivity index (χ3v) is 2.50. The Kier molecular flexibility index (Phi) is 3.19. The molecule has 86 valence electrons. The molecule has 0 aliphatic heterocycles. The van der Waals surface area contributed by atoms with Crippen molar-refractivity contribution in [2.45, 2.75) is 26.8 Å². The van der Waals surface area contributed by atoms with Gasteiger partial charge >= 0.3 is 0 Å². The zero-order valence-corrected chi connectivity index (χ0v) is 9.72. The van der Waals surface area contributed by atoms with Crippen molar-refractivity contribution >= 4 is 11.2 Å². The molecule has 0 aromatic carbocycles. The zero-order chi connectivity index (χ0) is 11.5. The van der Waals surface area contributed by atoms with Crippen molar-refractivity contribution in [2.75, 3.05) is 6.61 Å². The van der Waals surface area contributed by atoms with Gasteiger partial charge in [0.05, 0.1) is 6.61 Å². The van der Waals surface area contributed by atoms with Crippen LogP contribution in [-0.2, 0) is 13.0 Å². The molecule has 0 unspecified atom stereocenters. The van der Waals surface area contributed by atoms with Crippen LogP contribution in [0.4, 0.5) is 0 Å². The summed E-state index contributed by atoms with van der Waals surface area (Å²) < 4.78 is 2.01. The van der Waals surface area contributed by atoms with Gasteiger partial charge in [0.15, 0.2) is 5.65 Å². The fourth-order valence-corrected chi connectivity index (χ4v) is 1.86. The smallest absolute Gasteiger partial charge is 0.160 e. The van der Waals surface area contributed by atoms with E-state index in [-0.39, 0.29) is 6.61 Å². The maximum absolute atomic E-state index is 9.08. The lowest BCUT2D eigenvalue weighted by molar-refractivity contribution is 0.275. The van der Waals surface area contributed by atoms with Crippen LogP contribution in [0.25, 0.3) is 11.2 Å². The SMILES string of the molecule is CC(C)Cc1nc2cccnc2n1CCO. The predicted molar refractivity (Wildman–Crippen MR) is 63.2 cm³/mol. The van der Waals surface area contributed by atoms with Crippen molar-refractivity contribution < 1.29 is 5.11 Å². The molecule has 0 amide bonds. The Balaban J connectivity index is 2.49. The number of fused-ring (bicyclic) bond motifs is 1. The maximum Gasteiger partial charge on any atom is 0.160 e. The average Bonchev–Trinajstić information content (AvgIpc) is 2.57. The van der Waals surface area contributed by atoms with Crippen LogP contribution in [0.5, 0.6) is 0 Å². The van der Waals surface area contributed by atoms with Crippen molar-refractivity contribution in [3.8, 4) is 0 Å². The number of nitrogens with zero attached hydrogens (tertiary/aromatic N) is 3. The van der Waals surface area contributed by atoms with Gasteiger partial charge in [-0.05, 0) is 18.1 Å². The number of rotatable bonds is 4. The lowest BCUT2D eigenvalue weighted by Gasteiger charge is -2.08. The second-order valence-electron chi connectivity index (χ2n) is 4.35. The summed E-state index contributed by atoms with van der Waals surface area (Å²) in [5.41, 5.74) is 1.78. The van der Waals surface area contributed by atoms with E-state index in [0.29, 0.717) is 12.5 Å². The third-order valence-electron chi connectivity index (χ3n) is 2.50. The number of hydrogen-bond acceptors (Lipinski definition) is 3.